The van der Waals surface area contributed by atoms with Crippen LogP contribution in [0.2, 0.25) is 10.0 Å². The molecule has 54 heavy (non-hydrogen) atoms. The summed E-state index contributed by atoms with van der Waals surface area (Å²) in [6.07, 6.45) is 5.30. The number of halogens is 2. The molecule has 302 valence electrons. The Hall–Kier alpha value is -3.25. The van der Waals surface area contributed by atoms with Crippen molar-refractivity contribution in [3.63, 3.8) is 0 Å². The summed E-state index contributed by atoms with van der Waals surface area (Å²) < 4.78 is 10.7. The van der Waals surface area contributed by atoms with Crippen LogP contribution >= 0.6 is 23.2 Å². The first-order valence-electron chi connectivity index (χ1n) is 19.0. The second-order valence-electron chi connectivity index (χ2n) is 15.9. The van der Waals surface area contributed by atoms with Crippen LogP contribution in [0, 0.1) is 0 Å². The summed E-state index contributed by atoms with van der Waals surface area (Å²) >= 11 is 12.6. The number of aldehydes is 1. The number of amides is 2. The molecular weight excluding hydrogens is 727 g/mol. The molecule has 2 aromatic rings. The SMILES string of the molecule is C.CC(C)(C)OC(=O)N1CCN(Cc2cccc(Cl)c2N2CCCC2)CC1.CC(C)(C)OC(=O)N1CCNCC1.O=Cc1cccc(Cl)c1N1CCCC1. The smallest absolute Gasteiger partial charge is 0.410 e. The summed E-state index contributed by atoms with van der Waals surface area (Å²) in [5, 5.41) is 4.70. The summed E-state index contributed by atoms with van der Waals surface area (Å²) in [7, 11) is 0. The number of para-hydroxylation sites is 2. The van der Waals surface area contributed by atoms with Crippen molar-refractivity contribution in [2.75, 3.05) is 88.3 Å². The van der Waals surface area contributed by atoms with E-state index in [0.717, 1.165) is 89.0 Å². The van der Waals surface area contributed by atoms with Gasteiger partial charge in [-0.3, -0.25) is 9.69 Å². The number of carbonyl (C=O) groups is 3. The van der Waals surface area contributed by atoms with Gasteiger partial charge in [-0.25, -0.2) is 9.59 Å². The summed E-state index contributed by atoms with van der Waals surface area (Å²) in [4.78, 5) is 45.1. The summed E-state index contributed by atoms with van der Waals surface area (Å²) in [5.41, 5.74) is 3.24. The molecule has 0 aliphatic carbocycles. The Kier molecular flexibility index (Phi) is 17.7. The van der Waals surface area contributed by atoms with Crippen molar-refractivity contribution in [2.45, 2.75) is 92.4 Å². The number of hydrogen-bond donors (Lipinski definition) is 1. The topological polar surface area (TPSA) is 97.9 Å². The highest BCUT2D eigenvalue weighted by Gasteiger charge is 2.27. The number of anilines is 2. The molecular formula is C41H64Cl2N6O5. The molecule has 0 radical (unpaired) electrons. The minimum atomic E-state index is -0.445. The van der Waals surface area contributed by atoms with Crippen LogP contribution in [0.5, 0.6) is 0 Å². The van der Waals surface area contributed by atoms with Crippen molar-refractivity contribution in [3.05, 3.63) is 57.6 Å². The Labute approximate surface area is 334 Å². The van der Waals surface area contributed by atoms with Crippen molar-refractivity contribution < 1.29 is 23.9 Å². The van der Waals surface area contributed by atoms with Gasteiger partial charge in [0.25, 0.3) is 0 Å². The zero-order valence-electron chi connectivity index (χ0n) is 32.6. The molecule has 4 heterocycles. The zero-order chi connectivity index (χ0) is 38.6. The molecule has 4 aliphatic heterocycles. The average Bonchev–Trinajstić information content (AvgIpc) is 3.84. The second-order valence-corrected chi connectivity index (χ2v) is 16.7. The van der Waals surface area contributed by atoms with E-state index in [2.05, 4.69) is 26.1 Å². The van der Waals surface area contributed by atoms with Crippen molar-refractivity contribution in [1.82, 2.24) is 20.0 Å². The Balaban J connectivity index is 0.000000237. The molecule has 6 rings (SSSR count). The highest BCUT2D eigenvalue weighted by Crippen LogP contribution is 2.34. The molecule has 4 fully saturated rings. The first-order chi connectivity index (χ1) is 25.1. The van der Waals surface area contributed by atoms with E-state index in [1.54, 1.807) is 9.80 Å². The van der Waals surface area contributed by atoms with Crippen LogP contribution < -0.4 is 15.1 Å². The van der Waals surface area contributed by atoms with E-state index in [1.807, 2.05) is 71.9 Å². The summed E-state index contributed by atoms with van der Waals surface area (Å²) in [6, 6.07) is 11.7. The largest absolute Gasteiger partial charge is 0.444 e. The summed E-state index contributed by atoms with van der Waals surface area (Å²) in [5.74, 6) is 0. The quantitative estimate of drug-likeness (QED) is 0.301. The van der Waals surface area contributed by atoms with Crippen molar-refractivity contribution in [2.24, 2.45) is 0 Å². The normalized spacial score (nSPS) is 17.8. The fourth-order valence-electron chi connectivity index (χ4n) is 6.71. The van der Waals surface area contributed by atoms with E-state index in [1.165, 1.54) is 36.9 Å². The zero-order valence-corrected chi connectivity index (χ0v) is 34.1. The third-order valence-corrected chi connectivity index (χ3v) is 9.86. The number of piperazine rings is 2. The van der Waals surface area contributed by atoms with Crippen LogP contribution in [0.4, 0.5) is 21.0 Å². The highest BCUT2D eigenvalue weighted by atomic mass is 35.5. The number of nitrogens with one attached hydrogen (secondary N) is 1. The molecule has 2 amide bonds. The maximum Gasteiger partial charge on any atom is 0.410 e. The van der Waals surface area contributed by atoms with E-state index < -0.39 is 5.60 Å². The van der Waals surface area contributed by atoms with Crippen LogP contribution in [0.25, 0.3) is 0 Å². The van der Waals surface area contributed by atoms with Gasteiger partial charge in [0.2, 0.25) is 0 Å². The van der Waals surface area contributed by atoms with Gasteiger partial charge in [0, 0.05) is 90.6 Å². The van der Waals surface area contributed by atoms with Gasteiger partial charge in [-0.05, 0) is 91.0 Å². The molecule has 1 N–H and O–H groups in total. The van der Waals surface area contributed by atoms with Crippen LogP contribution in [0.15, 0.2) is 36.4 Å². The predicted molar refractivity (Wildman–Crippen MR) is 222 cm³/mol. The molecule has 0 bridgehead atoms. The number of benzene rings is 2. The lowest BCUT2D eigenvalue weighted by Crippen LogP contribution is -2.49. The van der Waals surface area contributed by atoms with Gasteiger partial charge in [0.1, 0.15) is 11.2 Å². The average molecular weight is 792 g/mol. The Bertz CT molecular complexity index is 1490. The highest BCUT2D eigenvalue weighted by molar-refractivity contribution is 6.34. The van der Waals surface area contributed by atoms with Crippen LogP contribution in [0.3, 0.4) is 0 Å². The third-order valence-electron chi connectivity index (χ3n) is 9.25. The van der Waals surface area contributed by atoms with E-state index >= 15 is 0 Å². The molecule has 13 heteroatoms. The second kappa shape index (κ2) is 21.2. The van der Waals surface area contributed by atoms with Gasteiger partial charge in [0.15, 0.2) is 6.29 Å². The van der Waals surface area contributed by atoms with Gasteiger partial charge < -0.3 is 34.4 Å². The number of ether oxygens (including phenoxy) is 2. The lowest BCUT2D eigenvalue weighted by Gasteiger charge is -2.36. The fourth-order valence-corrected chi connectivity index (χ4v) is 7.33. The van der Waals surface area contributed by atoms with Gasteiger partial charge in [0.05, 0.1) is 21.4 Å². The molecule has 2 aromatic carbocycles. The minimum Gasteiger partial charge on any atom is -0.444 e. The Morgan fingerprint density at radius 1 is 0.667 bits per heavy atom. The molecule has 0 saturated carbocycles. The molecule has 0 unspecified atom stereocenters. The lowest BCUT2D eigenvalue weighted by molar-refractivity contribution is 0.0138. The first kappa shape index (κ1) is 45.1. The molecule has 11 nitrogen and oxygen atoms in total. The summed E-state index contributed by atoms with van der Waals surface area (Å²) in [6.45, 7) is 22.7. The molecule has 4 saturated heterocycles. The molecule has 0 spiro atoms. The van der Waals surface area contributed by atoms with Crippen molar-refractivity contribution in [1.29, 1.82) is 0 Å². The number of nitrogens with zero attached hydrogens (tertiary/aromatic N) is 5. The Morgan fingerprint density at radius 2 is 1.11 bits per heavy atom. The van der Waals surface area contributed by atoms with Crippen molar-refractivity contribution >= 4 is 53.0 Å². The van der Waals surface area contributed by atoms with Crippen LogP contribution in [0.1, 0.15) is 90.6 Å². The molecule has 0 atom stereocenters. The maximum atomic E-state index is 12.2. The number of carbonyl (C=O) groups excluding carboxylic acids is 3. The van der Waals surface area contributed by atoms with Crippen LogP contribution in [-0.4, -0.2) is 123 Å². The van der Waals surface area contributed by atoms with Gasteiger partial charge >= 0.3 is 12.2 Å². The third kappa shape index (κ3) is 14.1. The monoisotopic (exact) mass is 790 g/mol. The minimum absolute atomic E-state index is 0. The molecule has 0 aromatic heterocycles. The number of hydrogen-bond acceptors (Lipinski definition) is 9. The Morgan fingerprint density at radius 3 is 1.59 bits per heavy atom. The van der Waals surface area contributed by atoms with Crippen LogP contribution in [-0.2, 0) is 16.0 Å². The van der Waals surface area contributed by atoms with Crippen molar-refractivity contribution in [3.8, 4) is 0 Å². The number of rotatable bonds is 5. The predicted octanol–water partition coefficient (Wildman–Crippen LogP) is 8.21. The first-order valence-corrected chi connectivity index (χ1v) is 19.8. The lowest BCUT2D eigenvalue weighted by atomic mass is 10.1. The fraction of sp³-hybridized carbons (Fsp3) is 0.634. The maximum absolute atomic E-state index is 12.2. The van der Waals surface area contributed by atoms with E-state index in [4.69, 9.17) is 32.7 Å². The van der Waals surface area contributed by atoms with E-state index in [9.17, 15) is 14.4 Å². The van der Waals surface area contributed by atoms with E-state index in [0.29, 0.717) is 23.7 Å². The molecule has 4 aliphatic rings. The van der Waals surface area contributed by atoms with E-state index in [-0.39, 0.29) is 25.2 Å². The van der Waals surface area contributed by atoms with Gasteiger partial charge in [-0.1, -0.05) is 48.8 Å². The standard InChI is InChI=1S/C20H30ClN3O2.C11H12ClNO.C9H18N2O2.CH4/c1-20(2,3)26-19(25)24-13-11-22(12-14-24)15-16-7-6-8-17(21)18(16)23-9-4-5-10-23;12-10-5-3-4-9(8-14)11(10)13-6-1-2-7-13;1-9(2,3)13-8(12)11-6-4-10-5-7-11;/h6-8H,4-5,9-15H2,1-3H3;3-5,8H,1-2,6-7H2;10H,4-7H2,1-3H3;1H4. The van der Waals surface area contributed by atoms with Gasteiger partial charge in [-0.2, -0.15) is 0 Å². The van der Waals surface area contributed by atoms with Gasteiger partial charge in [-0.15, -0.1) is 0 Å².